The molecule has 3 heteroatoms. The van der Waals surface area contributed by atoms with E-state index in [0.717, 1.165) is 32.4 Å². The van der Waals surface area contributed by atoms with Crippen molar-refractivity contribution in [2.24, 2.45) is 5.92 Å². The lowest BCUT2D eigenvalue weighted by Gasteiger charge is -2.32. The average Bonchev–Trinajstić information content (AvgIpc) is 2.47. The average molecular weight is 302 g/mol. The molecule has 22 heavy (non-hydrogen) atoms. The summed E-state index contributed by atoms with van der Waals surface area (Å²) in [5.74, 6) is 0.379. The van der Waals surface area contributed by atoms with E-state index in [1.807, 2.05) is 6.07 Å². The van der Waals surface area contributed by atoms with E-state index in [-0.39, 0.29) is 23.3 Å². The largest absolute Gasteiger partial charge is 0.353 e. The summed E-state index contributed by atoms with van der Waals surface area (Å²) in [6.45, 7) is 8.62. The predicted molar refractivity (Wildman–Crippen MR) is 91.9 cm³/mol. The Bertz CT molecular complexity index is 483. The molecule has 1 aromatic rings. The van der Waals surface area contributed by atoms with Gasteiger partial charge in [0, 0.05) is 12.6 Å². The van der Waals surface area contributed by atoms with Gasteiger partial charge in [0.1, 0.15) is 0 Å². The molecule has 1 aliphatic heterocycles. The monoisotopic (exact) mass is 302 g/mol. The molecule has 0 aliphatic carbocycles. The number of amides is 1. The van der Waals surface area contributed by atoms with Gasteiger partial charge in [0.15, 0.2) is 0 Å². The van der Waals surface area contributed by atoms with Gasteiger partial charge < -0.3 is 10.2 Å². The number of carbonyl (C=O) groups is 1. The van der Waals surface area contributed by atoms with E-state index in [0.29, 0.717) is 0 Å². The highest BCUT2D eigenvalue weighted by atomic mass is 16.2. The van der Waals surface area contributed by atoms with Crippen LogP contribution in [0, 0.1) is 5.92 Å². The van der Waals surface area contributed by atoms with E-state index in [1.54, 1.807) is 0 Å². The molecule has 1 aromatic carbocycles. The Morgan fingerprint density at radius 1 is 1.36 bits per heavy atom. The summed E-state index contributed by atoms with van der Waals surface area (Å²) in [5.41, 5.74) is 1.39. The molecule has 1 aliphatic rings. The molecule has 0 aromatic heterocycles. The van der Waals surface area contributed by atoms with Crippen LogP contribution < -0.4 is 5.32 Å². The van der Waals surface area contributed by atoms with Crippen LogP contribution in [0.5, 0.6) is 0 Å². The summed E-state index contributed by atoms with van der Waals surface area (Å²) >= 11 is 0. The number of carbonyl (C=O) groups excluding carboxylic acids is 1. The van der Waals surface area contributed by atoms with Crippen molar-refractivity contribution in [2.45, 2.75) is 51.5 Å². The second kappa shape index (κ2) is 7.28. The number of rotatable bonds is 5. The van der Waals surface area contributed by atoms with E-state index in [4.69, 9.17) is 0 Å². The Morgan fingerprint density at radius 3 is 2.68 bits per heavy atom. The van der Waals surface area contributed by atoms with Crippen LogP contribution in [-0.2, 0) is 10.2 Å². The van der Waals surface area contributed by atoms with Crippen molar-refractivity contribution in [3.05, 3.63) is 35.9 Å². The molecule has 2 unspecified atom stereocenters. The van der Waals surface area contributed by atoms with Crippen molar-refractivity contribution in [1.29, 1.82) is 0 Å². The predicted octanol–water partition coefficient (Wildman–Crippen LogP) is 3.20. The van der Waals surface area contributed by atoms with E-state index in [9.17, 15) is 4.79 Å². The smallest absolute Gasteiger partial charge is 0.224 e. The molecule has 122 valence electrons. The molecule has 2 rings (SSSR count). The third kappa shape index (κ3) is 4.57. The maximum Gasteiger partial charge on any atom is 0.224 e. The SMILES string of the molecule is CC(CC(C)(C)c1ccccc1)NC(=O)C1CCCN(C)C1. The van der Waals surface area contributed by atoms with Gasteiger partial charge in [-0.15, -0.1) is 0 Å². The molecule has 2 atom stereocenters. The number of nitrogens with one attached hydrogen (secondary N) is 1. The Hall–Kier alpha value is -1.35. The fraction of sp³-hybridized carbons (Fsp3) is 0.632. The van der Waals surface area contributed by atoms with Gasteiger partial charge in [0.05, 0.1) is 5.92 Å². The zero-order valence-corrected chi connectivity index (χ0v) is 14.4. The minimum atomic E-state index is 0.0668. The second-order valence-corrected chi connectivity index (χ2v) is 7.47. The third-order valence-corrected chi connectivity index (χ3v) is 4.76. The molecule has 0 spiro atoms. The zero-order valence-electron chi connectivity index (χ0n) is 14.4. The van der Waals surface area contributed by atoms with Crippen LogP contribution in [0.4, 0.5) is 0 Å². The van der Waals surface area contributed by atoms with Crippen LogP contribution in [-0.4, -0.2) is 37.0 Å². The molecule has 0 saturated carbocycles. The number of likely N-dealkylation sites (tertiary alicyclic amines) is 1. The molecule has 1 fully saturated rings. The van der Waals surface area contributed by atoms with Gasteiger partial charge in [-0.05, 0) is 50.8 Å². The Balaban J connectivity index is 1.89. The van der Waals surface area contributed by atoms with Crippen molar-refractivity contribution in [3.8, 4) is 0 Å². The van der Waals surface area contributed by atoms with Crippen LogP contribution in [0.25, 0.3) is 0 Å². The van der Waals surface area contributed by atoms with Crippen molar-refractivity contribution in [3.63, 3.8) is 0 Å². The summed E-state index contributed by atoms with van der Waals surface area (Å²) in [6.07, 6.45) is 3.09. The van der Waals surface area contributed by atoms with E-state index < -0.39 is 0 Å². The maximum absolute atomic E-state index is 12.4. The summed E-state index contributed by atoms with van der Waals surface area (Å²) in [5, 5.41) is 3.23. The molecule has 3 nitrogen and oxygen atoms in total. The number of benzene rings is 1. The van der Waals surface area contributed by atoms with Crippen LogP contribution in [0.3, 0.4) is 0 Å². The van der Waals surface area contributed by atoms with Crippen LogP contribution in [0.2, 0.25) is 0 Å². The Morgan fingerprint density at radius 2 is 2.05 bits per heavy atom. The summed E-state index contributed by atoms with van der Waals surface area (Å²) in [4.78, 5) is 14.7. The topological polar surface area (TPSA) is 32.3 Å². The van der Waals surface area contributed by atoms with Gasteiger partial charge >= 0.3 is 0 Å². The zero-order chi connectivity index (χ0) is 16.2. The molecule has 1 amide bonds. The second-order valence-electron chi connectivity index (χ2n) is 7.47. The van der Waals surface area contributed by atoms with Crippen molar-refractivity contribution < 1.29 is 4.79 Å². The molecule has 1 saturated heterocycles. The number of piperidine rings is 1. The summed E-state index contributed by atoms with van der Waals surface area (Å²) in [7, 11) is 2.10. The lowest BCUT2D eigenvalue weighted by atomic mass is 9.79. The number of hydrogen-bond acceptors (Lipinski definition) is 2. The van der Waals surface area contributed by atoms with Crippen LogP contribution >= 0.6 is 0 Å². The van der Waals surface area contributed by atoms with Gasteiger partial charge in [-0.1, -0.05) is 44.2 Å². The molecule has 0 radical (unpaired) electrons. The quantitative estimate of drug-likeness (QED) is 0.906. The van der Waals surface area contributed by atoms with Crippen LogP contribution in [0.1, 0.15) is 45.6 Å². The fourth-order valence-corrected chi connectivity index (χ4v) is 3.56. The van der Waals surface area contributed by atoms with Gasteiger partial charge in [-0.25, -0.2) is 0 Å². The summed E-state index contributed by atoms with van der Waals surface area (Å²) < 4.78 is 0. The minimum Gasteiger partial charge on any atom is -0.353 e. The maximum atomic E-state index is 12.4. The highest BCUT2D eigenvalue weighted by Gasteiger charge is 2.27. The lowest BCUT2D eigenvalue weighted by Crippen LogP contribution is -2.45. The van der Waals surface area contributed by atoms with Crippen molar-refractivity contribution in [1.82, 2.24) is 10.2 Å². The molecule has 1 N–H and O–H groups in total. The first-order valence-corrected chi connectivity index (χ1v) is 8.43. The van der Waals surface area contributed by atoms with Gasteiger partial charge in [-0.2, -0.15) is 0 Å². The van der Waals surface area contributed by atoms with Gasteiger partial charge in [0.25, 0.3) is 0 Å². The highest BCUT2D eigenvalue weighted by Crippen LogP contribution is 2.28. The first-order chi connectivity index (χ1) is 10.4. The molecular weight excluding hydrogens is 272 g/mol. The van der Waals surface area contributed by atoms with Crippen molar-refractivity contribution >= 4 is 5.91 Å². The number of hydrogen-bond donors (Lipinski definition) is 1. The van der Waals surface area contributed by atoms with E-state index >= 15 is 0 Å². The van der Waals surface area contributed by atoms with Crippen LogP contribution in [0.15, 0.2) is 30.3 Å². The van der Waals surface area contributed by atoms with E-state index in [1.165, 1.54) is 5.56 Å². The fourth-order valence-electron chi connectivity index (χ4n) is 3.56. The minimum absolute atomic E-state index is 0.0668. The first-order valence-electron chi connectivity index (χ1n) is 8.43. The molecular formula is C19H30N2O. The van der Waals surface area contributed by atoms with Gasteiger partial charge in [0.2, 0.25) is 5.91 Å². The van der Waals surface area contributed by atoms with Crippen molar-refractivity contribution in [2.75, 3.05) is 20.1 Å². The standard InChI is InChI=1S/C19H30N2O/c1-15(13-19(2,3)17-10-6-5-7-11-17)20-18(22)16-9-8-12-21(4)14-16/h5-7,10-11,15-16H,8-9,12-14H2,1-4H3,(H,20,22). The molecule has 0 bridgehead atoms. The Labute approximate surface area is 135 Å². The summed E-state index contributed by atoms with van der Waals surface area (Å²) in [6, 6.07) is 10.7. The lowest BCUT2D eigenvalue weighted by molar-refractivity contribution is -0.127. The van der Waals surface area contributed by atoms with Gasteiger partial charge in [-0.3, -0.25) is 4.79 Å². The Kier molecular flexibility index (Phi) is 5.63. The number of nitrogens with zero attached hydrogens (tertiary/aromatic N) is 1. The highest BCUT2D eigenvalue weighted by molar-refractivity contribution is 5.79. The molecule has 1 heterocycles. The normalized spacial score (nSPS) is 21.4. The third-order valence-electron chi connectivity index (χ3n) is 4.76. The van der Waals surface area contributed by atoms with E-state index in [2.05, 4.69) is 62.3 Å². The first kappa shape index (κ1) is 17.0.